The lowest BCUT2D eigenvalue weighted by Gasteiger charge is -2.23. The molecule has 0 saturated heterocycles. The lowest BCUT2D eigenvalue weighted by atomic mass is 10.2. The van der Waals surface area contributed by atoms with E-state index in [1.165, 1.54) is 0 Å². The number of anilines is 6. The van der Waals surface area contributed by atoms with Crippen LogP contribution in [0.15, 0.2) is 48.7 Å². The first-order valence-electron chi connectivity index (χ1n) is 10.3. The Kier molecular flexibility index (Phi) is 7.83. The van der Waals surface area contributed by atoms with Crippen LogP contribution in [0.1, 0.15) is 0 Å². The first-order chi connectivity index (χ1) is 15.2. The van der Waals surface area contributed by atoms with Crippen LogP contribution in [-0.2, 0) is 0 Å². The molecule has 1 heterocycles. The number of likely N-dealkylation sites (N-methyl/N-ethyl adjacent to an activating group) is 2. The minimum absolute atomic E-state index is 0.125. The Balaban J connectivity index is 1.77. The molecule has 0 atom stereocenters. The molecule has 0 bridgehead atoms. The summed E-state index contributed by atoms with van der Waals surface area (Å²) in [5, 5.41) is 7.39. The molecule has 7 nitrogen and oxygen atoms in total. The minimum atomic E-state index is -0.515. The molecule has 0 aliphatic rings. The second-order valence-corrected chi connectivity index (χ2v) is 10.3. The molecular formula is C23H31FN7P. The number of para-hydroxylation sites is 1. The molecule has 0 aliphatic carbocycles. The van der Waals surface area contributed by atoms with Crippen molar-refractivity contribution >= 4 is 47.7 Å². The molecule has 170 valence electrons. The van der Waals surface area contributed by atoms with Gasteiger partial charge in [0.15, 0.2) is 11.6 Å². The maximum Gasteiger partial charge on any atom is 0.229 e. The van der Waals surface area contributed by atoms with Gasteiger partial charge in [-0.25, -0.2) is 9.37 Å². The monoisotopic (exact) mass is 455 g/mol. The smallest absolute Gasteiger partial charge is 0.229 e. The zero-order valence-corrected chi connectivity index (χ0v) is 20.1. The van der Waals surface area contributed by atoms with Crippen molar-refractivity contribution in [2.75, 3.05) is 68.8 Å². The maximum absolute atomic E-state index is 14.4. The number of nitrogen functional groups attached to an aromatic ring is 1. The van der Waals surface area contributed by atoms with Crippen molar-refractivity contribution in [3.05, 3.63) is 54.5 Å². The lowest BCUT2D eigenvalue weighted by Crippen LogP contribution is -2.28. The molecule has 0 unspecified atom stereocenters. The summed E-state index contributed by atoms with van der Waals surface area (Å²) in [6.45, 7) is 6.10. The van der Waals surface area contributed by atoms with Crippen LogP contribution >= 0.6 is 7.92 Å². The Labute approximate surface area is 190 Å². The van der Waals surface area contributed by atoms with Gasteiger partial charge in [0.25, 0.3) is 0 Å². The van der Waals surface area contributed by atoms with Gasteiger partial charge in [0.05, 0.1) is 17.6 Å². The third-order valence-electron chi connectivity index (χ3n) is 4.96. The molecule has 3 rings (SSSR count). The molecule has 3 aromatic rings. The van der Waals surface area contributed by atoms with E-state index in [1.807, 2.05) is 63.6 Å². The van der Waals surface area contributed by atoms with E-state index in [2.05, 4.69) is 43.7 Å². The van der Waals surface area contributed by atoms with Crippen LogP contribution in [0.2, 0.25) is 0 Å². The van der Waals surface area contributed by atoms with Gasteiger partial charge in [0.1, 0.15) is 0 Å². The first kappa shape index (κ1) is 23.7. The number of nitrogens with one attached hydrogen (secondary N) is 2. The molecule has 1 aromatic heterocycles. The van der Waals surface area contributed by atoms with Crippen LogP contribution < -0.4 is 26.6 Å². The van der Waals surface area contributed by atoms with E-state index in [1.54, 1.807) is 0 Å². The molecule has 0 aliphatic heterocycles. The highest BCUT2D eigenvalue weighted by atomic mass is 31.1. The highest BCUT2D eigenvalue weighted by Crippen LogP contribution is 2.30. The second-order valence-electron chi connectivity index (χ2n) is 8.05. The molecular weight excluding hydrogens is 424 g/mol. The van der Waals surface area contributed by atoms with Gasteiger partial charge in [-0.3, -0.25) is 0 Å². The summed E-state index contributed by atoms with van der Waals surface area (Å²) in [6, 6.07) is 13.6. The van der Waals surface area contributed by atoms with Gasteiger partial charge in [-0.05, 0) is 57.0 Å². The highest BCUT2D eigenvalue weighted by molar-refractivity contribution is 7.64. The Morgan fingerprint density at radius 1 is 1.03 bits per heavy atom. The van der Waals surface area contributed by atoms with Gasteiger partial charge in [-0.1, -0.05) is 26.1 Å². The van der Waals surface area contributed by atoms with Crippen molar-refractivity contribution in [3.63, 3.8) is 0 Å². The number of benzene rings is 2. The molecule has 0 fully saturated rings. The summed E-state index contributed by atoms with van der Waals surface area (Å²) in [4.78, 5) is 12.7. The predicted molar refractivity (Wildman–Crippen MR) is 136 cm³/mol. The van der Waals surface area contributed by atoms with E-state index < -0.39 is 5.82 Å². The van der Waals surface area contributed by atoms with Gasteiger partial charge in [-0.15, -0.1) is 0 Å². The Hall–Kier alpha value is -2.96. The van der Waals surface area contributed by atoms with E-state index in [0.29, 0.717) is 5.69 Å². The topological polar surface area (TPSA) is 82.3 Å². The fraction of sp³-hybridized carbons (Fsp3) is 0.304. The number of halogens is 1. The Morgan fingerprint density at radius 2 is 1.78 bits per heavy atom. The van der Waals surface area contributed by atoms with Crippen molar-refractivity contribution in [1.29, 1.82) is 0 Å². The van der Waals surface area contributed by atoms with Crippen molar-refractivity contribution in [2.24, 2.45) is 0 Å². The van der Waals surface area contributed by atoms with Crippen LogP contribution in [0, 0.1) is 5.82 Å². The van der Waals surface area contributed by atoms with Gasteiger partial charge in [0.2, 0.25) is 5.95 Å². The summed E-state index contributed by atoms with van der Waals surface area (Å²) < 4.78 is 14.4. The molecule has 32 heavy (non-hydrogen) atoms. The van der Waals surface area contributed by atoms with Crippen LogP contribution in [0.5, 0.6) is 0 Å². The minimum Gasteiger partial charge on any atom is -0.397 e. The van der Waals surface area contributed by atoms with Crippen molar-refractivity contribution < 1.29 is 4.39 Å². The maximum atomic E-state index is 14.4. The predicted octanol–water partition coefficient (Wildman–Crippen LogP) is 4.05. The average molecular weight is 456 g/mol. The fourth-order valence-corrected chi connectivity index (χ4v) is 4.19. The third-order valence-corrected chi connectivity index (χ3v) is 6.31. The van der Waals surface area contributed by atoms with Crippen molar-refractivity contribution in [1.82, 2.24) is 14.9 Å². The molecule has 0 radical (unpaired) electrons. The van der Waals surface area contributed by atoms with Crippen LogP contribution in [0.4, 0.5) is 38.9 Å². The van der Waals surface area contributed by atoms with Gasteiger partial charge in [-0.2, -0.15) is 4.98 Å². The largest absolute Gasteiger partial charge is 0.397 e. The van der Waals surface area contributed by atoms with E-state index in [0.717, 1.165) is 41.7 Å². The standard InChI is InChI=1S/C23H31FN7P/c1-30(2)12-13-31(3)20-11-10-16(14-18(20)25)27-23-26-15-17(24)22(29-23)28-19-8-6-7-9-21(19)32(4)5/h6-11,14-15H,12-13,25H2,1-5H3,(H2,26,27,28,29). The number of aromatic nitrogens is 2. The number of hydrogen-bond donors (Lipinski definition) is 3. The summed E-state index contributed by atoms with van der Waals surface area (Å²) in [5.74, 6) is -0.103. The molecule has 0 spiro atoms. The normalized spacial score (nSPS) is 11.1. The lowest BCUT2D eigenvalue weighted by molar-refractivity contribution is 0.416. The Morgan fingerprint density at radius 3 is 2.47 bits per heavy atom. The molecule has 9 heteroatoms. The average Bonchev–Trinajstić information content (AvgIpc) is 2.74. The van der Waals surface area contributed by atoms with Gasteiger partial charge >= 0.3 is 0 Å². The zero-order valence-electron chi connectivity index (χ0n) is 19.2. The van der Waals surface area contributed by atoms with Gasteiger partial charge < -0.3 is 26.2 Å². The quantitative estimate of drug-likeness (QED) is 0.332. The second kappa shape index (κ2) is 10.6. The number of nitrogens with zero attached hydrogens (tertiary/aromatic N) is 4. The molecule has 0 amide bonds. The van der Waals surface area contributed by atoms with Crippen LogP contribution in [0.3, 0.4) is 0 Å². The SMILES string of the molecule is CN(C)CCN(C)c1ccc(Nc2ncc(F)c(Nc3ccccc3P(C)C)n2)cc1N. The number of hydrogen-bond acceptors (Lipinski definition) is 7. The van der Waals surface area contributed by atoms with Gasteiger partial charge in [0, 0.05) is 31.5 Å². The zero-order chi connectivity index (χ0) is 23.3. The van der Waals surface area contributed by atoms with E-state index in [9.17, 15) is 4.39 Å². The van der Waals surface area contributed by atoms with Crippen LogP contribution in [0.25, 0.3) is 0 Å². The van der Waals surface area contributed by atoms with E-state index in [-0.39, 0.29) is 19.7 Å². The summed E-state index contributed by atoms with van der Waals surface area (Å²) in [6.07, 6.45) is 1.16. The van der Waals surface area contributed by atoms with Crippen LogP contribution in [-0.4, -0.2) is 62.4 Å². The fourth-order valence-electron chi connectivity index (χ4n) is 3.19. The highest BCUT2D eigenvalue weighted by Gasteiger charge is 2.12. The first-order valence-corrected chi connectivity index (χ1v) is 12.6. The number of rotatable bonds is 9. The summed E-state index contributed by atoms with van der Waals surface area (Å²) in [5.41, 5.74) is 9.45. The third kappa shape index (κ3) is 6.05. The molecule has 2 aromatic carbocycles. The summed E-state index contributed by atoms with van der Waals surface area (Å²) in [7, 11) is 5.74. The number of nitrogens with two attached hydrogens (primary N) is 1. The summed E-state index contributed by atoms with van der Waals surface area (Å²) >= 11 is 0. The van der Waals surface area contributed by atoms with Crippen molar-refractivity contribution in [3.8, 4) is 0 Å². The molecule has 4 N–H and O–H groups in total. The van der Waals surface area contributed by atoms with Crippen molar-refractivity contribution in [2.45, 2.75) is 0 Å². The van der Waals surface area contributed by atoms with E-state index >= 15 is 0 Å². The molecule has 0 saturated carbocycles. The Bertz CT molecular complexity index is 1060. The van der Waals surface area contributed by atoms with E-state index in [4.69, 9.17) is 5.73 Å².